The summed E-state index contributed by atoms with van der Waals surface area (Å²) in [6.07, 6.45) is 1.58. The van der Waals surface area contributed by atoms with Crippen LogP contribution in [0.5, 0.6) is 17.2 Å². The van der Waals surface area contributed by atoms with Crippen molar-refractivity contribution >= 4 is 39.7 Å². The third-order valence-electron chi connectivity index (χ3n) is 5.07. The minimum Gasteiger partial charge on any atom is -0.493 e. The van der Waals surface area contributed by atoms with E-state index in [1.54, 1.807) is 39.8 Å². The van der Waals surface area contributed by atoms with Gasteiger partial charge in [0.2, 0.25) is 11.7 Å². The van der Waals surface area contributed by atoms with Crippen molar-refractivity contribution in [2.24, 2.45) is 0 Å². The van der Waals surface area contributed by atoms with Crippen molar-refractivity contribution in [3.63, 3.8) is 0 Å². The zero-order valence-electron chi connectivity index (χ0n) is 18.3. The highest BCUT2D eigenvalue weighted by atomic mass is 16.5. The van der Waals surface area contributed by atoms with E-state index in [-0.39, 0.29) is 0 Å². The Balaban J connectivity index is 1.44. The maximum atomic E-state index is 5.43. The van der Waals surface area contributed by atoms with E-state index in [0.29, 0.717) is 52.4 Å². The zero-order valence-corrected chi connectivity index (χ0v) is 18.3. The molecule has 0 spiro atoms. The molecule has 0 aliphatic rings. The molecular formula is C22H22N8O3. The first kappa shape index (κ1) is 20.4. The summed E-state index contributed by atoms with van der Waals surface area (Å²) in [6.45, 7) is 0.448. The van der Waals surface area contributed by atoms with Crippen LogP contribution in [0.3, 0.4) is 0 Å². The second kappa shape index (κ2) is 8.54. The molecule has 0 saturated carbocycles. The van der Waals surface area contributed by atoms with Crippen LogP contribution >= 0.6 is 0 Å². The first-order valence-electron chi connectivity index (χ1n) is 10.1. The number of aromatic nitrogens is 6. The number of aromatic amines is 2. The van der Waals surface area contributed by atoms with Crippen LogP contribution in [0.25, 0.3) is 22.2 Å². The van der Waals surface area contributed by atoms with E-state index in [0.717, 1.165) is 16.9 Å². The molecule has 5 rings (SSSR count). The number of methoxy groups -OCH3 is 3. The number of rotatable bonds is 8. The number of hydrogen-bond acceptors (Lipinski definition) is 9. The average molecular weight is 446 g/mol. The molecular weight excluding hydrogens is 424 g/mol. The smallest absolute Gasteiger partial charge is 0.231 e. The number of hydrogen-bond donors (Lipinski definition) is 4. The van der Waals surface area contributed by atoms with E-state index < -0.39 is 0 Å². The summed E-state index contributed by atoms with van der Waals surface area (Å²) >= 11 is 0. The summed E-state index contributed by atoms with van der Waals surface area (Å²) < 4.78 is 16.2. The second-order valence-electron chi connectivity index (χ2n) is 7.09. The van der Waals surface area contributed by atoms with Crippen LogP contribution in [0.4, 0.5) is 17.5 Å². The first-order chi connectivity index (χ1) is 16.2. The molecule has 0 radical (unpaired) electrons. The van der Waals surface area contributed by atoms with Crippen LogP contribution in [0, 0.1) is 0 Å². The van der Waals surface area contributed by atoms with E-state index in [9.17, 15) is 0 Å². The number of fused-ring (bicyclic) bond motifs is 2. The van der Waals surface area contributed by atoms with Crippen molar-refractivity contribution in [3.05, 3.63) is 48.5 Å². The maximum Gasteiger partial charge on any atom is 0.231 e. The van der Waals surface area contributed by atoms with Gasteiger partial charge >= 0.3 is 0 Å². The quantitative estimate of drug-likeness (QED) is 0.282. The molecule has 2 aromatic carbocycles. The topological polar surface area (TPSA) is 135 Å². The van der Waals surface area contributed by atoms with Crippen LogP contribution in [0.15, 0.2) is 42.7 Å². The van der Waals surface area contributed by atoms with Crippen LogP contribution in [-0.2, 0) is 6.54 Å². The van der Waals surface area contributed by atoms with Crippen LogP contribution in [0.1, 0.15) is 5.82 Å². The Labute approximate surface area is 188 Å². The molecule has 168 valence electrons. The van der Waals surface area contributed by atoms with Gasteiger partial charge in [0.05, 0.1) is 45.2 Å². The minimum atomic E-state index is 0.357. The molecule has 3 aromatic heterocycles. The van der Waals surface area contributed by atoms with Gasteiger partial charge in [-0.2, -0.15) is 9.97 Å². The lowest BCUT2D eigenvalue weighted by Crippen LogP contribution is -2.07. The summed E-state index contributed by atoms with van der Waals surface area (Å²) in [5.41, 5.74) is 3.78. The van der Waals surface area contributed by atoms with Gasteiger partial charge in [0.25, 0.3) is 0 Å². The summed E-state index contributed by atoms with van der Waals surface area (Å²) in [5, 5.41) is 6.51. The number of imidazole rings is 2. The Hall–Kier alpha value is -4.54. The Morgan fingerprint density at radius 2 is 1.73 bits per heavy atom. The van der Waals surface area contributed by atoms with Crippen molar-refractivity contribution in [1.29, 1.82) is 0 Å². The van der Waals surface area contributed by atoms with Gasteiger partial charge in [0.1, 0.15) is 11.3 Å². The number of anilines is 3. The predicted molar refractivity (Wildman–Crippen MR) is 124 cm³/mol. The van der Waals surface area contributed by atoms with Crippen molar-refractivity contribution in [1.82, 2.24) is 29.9 Å². The molecule has 0 unspecified atom stereocenters. The molecule has 11 heteroatoms. The van der Waals surface area contributed by atoms with Crippen molar-refractivity contribution in [2.75, 3.05) is 32.0 Å². The fourth-order valence-corrected chi connectivity index (χ4v) is 3.56. The molecule has 0 fully saturated rings. The van der Waals surface area contributed by atoms with E-state index in [1.807, 2.05) is 24.3 Å². The van der Waals surface area contributed by atoms with Gasteiger partial charge in [-0.25, -0.2) is 9.97 Å². The highest BCUT2D eigenvalue weighted by Crippen LogP contribution is 2.40. The number of ether oxygens (including phenoxy) is 3. The van der Waals surface area contributed by atoms with Gasteiger partial charge in [-0.1, -0.05) is 12.1 Å². The fraction of sp³-hybridized carbons (Fsp3) is 0.182. The zero-order chi connectivity index (χ0) is 22.8. The lowest BCUT2D eigenvalue weighted by atomic mass is 10.2. The minimum absolute atomic E-state index is 0.357. The van der Waals surface area contributed by atoms with Gasteiger partial charge in [-0.05, 0) is 12.1 Å². The summed E-state index contributed by atoms with van der Waals surface area (Å²) in [4.78, 5) is 24.4. The number of nitrogens with zero attached hydrogens (tertiary/aromatic N) is 4. The molecule has 0 saturated heterocycles. The predicted octanol–water partition coefficient (Wildman–Crippen LogP) is 3.61. The second-order valence-corrected chi connectivity index (χ2v) is 7.09. The molecule has 0 amide bonds. The van der Waals surface area contributed by atoms with Gasteiger partial charge in [-0.3, -0.25) is 0 Å². The highest BCUT2D eigenvalue weighted by molar-refractivity contribution is 5.84. The standard InChI is InChI=1S/C22H22N8O3/c1-31-15-8-12(9-16(32-2)19(15)33-3)26-22-29-20(18-21(30-22)25-11-24-18)23-10-17-27-13-6-4-5-7-14(13)28-17/h4-9,11H,10H2,1-3H3,(H,27,28)(H3,23,24,25,26,29,30). The third-order valence-corrected chi connectivity index (χ3v) is 5.07. The molecule has 0 atom stereocenters. The van der Waals surface area contributed by atoms with Gasteiger partial charge < -0.3 is 34.8 Å². The molecule has 3 heterocycles. The van der Waals surface area contributed by atoms with Crippen LogP contribution in [0.2, 0.25) is 0 Å². The number of benzene rings is 2. The number of H-pyrrole nitrogens is 2. The first-order valence-corrected chi connectivity index (χ1v) is 10.1. The molecule has 0 aliphatic heterocycles. The summed E-state index contributed by atoms with van der Waals surface area (Å²) in [5.74, 6) is 3.28. The molecule has 11 nitrogen and oxygen atoms in total. The molecule has 4 N–H and O–H groups in total. The lowest BCUT2D eigenvalue weighted by molar-refractivity contribution is 0.324. The van der Waals surface area contributed by atoms with Crippen molar-refractivity contribution in [3.8, 4) is 17.2 Å². The molecule has 0 bridgehead atoms. The van der Waals surface area contributed by atoms with E-state index in [2.05, 4.69) is 40.5 Å². The van der Waals surface area contributed by atoms with E-state index >= 15 is 0 Å². The highest BCUT2D eigenvalue weighted by Gasteiger charge is 2.16. The summed E-state index contributed by atoms with van der Waals surface area (Å²) in [7, 11) is 4.68. The fourth-order valence-electron chi connectivity index (χ4n) is 3.56. The van der Waals surface area contributed by atoms with Gasteiger partial charge in [0.15, 0.2) is 23.0 Å². The molecule has 0 aliphatic carbocycles. The van der Waals surface area contributed by atoms with Crippen LogP contribution in [-0.4, -0.2) is 51.2 Å². The van der Waals surface area contributed by atoms with E-state index in [1.165, 1.54) is 0 Å². The largest absolute Gasteiger partial charge is 0.493 e. The molecule has 33 heavy (non-hydrogen) atoms. The molecule has 5 aromatic rings. The number of para-hydroxylation sites is 2. The average Bonchev–Trinajstić information content (AvgIpc) is 3.48. The van der Waals surface area contributed by atoms with Crippen molar-refractivity contribution < 1.29 is 14.2 Å². The SMILES string of the molecule is COc1cc(Nc2nc(NCc3nc4ccccc4[nH]3)c3[nH]cnc3n2)cc(OC)c1OC. The Kier molecular flexibility index (Phi) is 5.27. The van der Waals surface area contributed by atoms with Crippen LogP contribution < -0.4 is 24.8 Å². The Morgan fingerprint density at radius 3 is 2.45 bits per heavy atom. The normalized spacial score (nSPS) is 11.0. The lowest BCUT2D eigenvalue weighted by Gasteiger charge is -2.15. The maximum absolute atomic E-state index is 5.43. The van der Waals surface area contributed by atoms with Gasteiger partial charge in [0, 0.05) is 17.8 Å². The summed E-state index contributed by atoms with van der Waals surface area (Å²) in [6, 6.07) is 11.4. The van der Waals surface area contributed by atoms with Crippen molar-refractivity contribution in [2.45, 2.75) is 6.54 Å². The number of nitrogens with one attached hydrogen (secondary N) is 4. The third kappa shape index (κ3) is 3.91. The van der Waals surface area contributed by atoms with Gasteiger partial charge in [-0.15, -0.1) is 0 Å². The monoisotopic (exact) mass is 446 g/mol. The Bertz CT molecular complexity index is 1370. The van der Waals surface area contributed by atoms with E-state index in [4.69, 9.17) is 14.2 Å². The Morgan fingerprint density at radius 1 is 0.939 bits per heavy atom.